The molecule has 0 saturated heterocycles. The Balaban J connectivity index is 1.19. The number of rotatable bonds is 8. The summed E-state index contributed by atoms with van der Waals surface area (Å²) in [6.45, 7) is 0. The van der Waals surface area contributed by atoms with E-state index in [9.17, 15) is 0 Å². The monoisotopic (exact) mass is 791 g/mol. The first-order valence-corrected chi connectivity index (χ1v) is 21.9. The van der Waals surface area contributed by atoms with Gasteiger partial charge in [0, 0.05) is 12.4 Å². The van der Waals surface area contributed by atoms with Crippen molar-refractivity contribution in [3.05, 3.63) is 236 Å². The van der Waals surface area contributed by atoms with Gasteiger partial charge in [0.15, 0.2) is 0 Å². The van der Waals surface area contributed by atoms with Gasteiger partial charge in [-0.2, -0.15) is 0 Å². The average Bonchev–Trinajstić information content (AvgIpc) is 3.36. The molecule has 62 heavy (non-hydrogen) atoms. The van der Waals surface area contributed by atoms with E-state index in [1.165, 1.54) is 105 Å². The van der Waals surface area contributed by atoms with Crippen molar-refractivity contribution in [1.82, 2.24) is 4.98 Å². The summed E-state index contributed by atoms with van der Waals surface area (Å²) in [5, 5.41) is 4.97. The van der Waals surface area contributed by atoms with Gasteiger partial charge in [-0.15, -0.1) is 0 Å². The zero-order valence-corrected chi connectivity index (χ0v) is 34.6. The summed E-state index contributed by atoms with van der Waals surface area (Å²) < 4.78 is 0. The molecule has 294 valence electrons. The van der Waals surface area contributed by atoms with E-state index in [0.29, 0.717) is 0 Å². The standard InChI is InChI=1S/C61H45N/c1-5-19-43(20-6-1)55-41-56(60(45-23-9-3-10-24-45)61(46-25-11-4-12-26-46)59(55)44-21-7-2-8-22-44)48-28-18-30-50(40-48)58-53-33-15-13-31-51(53)57(52-32-14-16-34-54(52)58)49-29-17-27-47(39-49)42-35-37-62-38-36-42/h1,3,5-7,9-11,13-41H,2,4,8,12H2. The van der Waals surface area contributed by atoms with Crippen LogP contribution in [-0.4, -0.2) is 4.98 Å². The Morgan fingerprint density at radius 1 is 0.290 bits per heavy atom. The van der Waals surface area contributed by atoms with Gasteiger partial charge in [0.05, 0.1) is 0 Å². The maximum Gasteiger partial charge on any atom is 0.0273 e. The maximum atomic E-state index is 4.27. The van der Waals surface area contributed by atoms with E-state index in [1.807, 2.05) is 12.4 Å². The molecular formula is C61H45N. The van der Waals surface area contributed by atoms with Gasteiger partial charge in [0.2, 0.25) is 0 Å². The van der Waals surface area contributed by atoms with Gasteiger partial charge < -0.3 is 0 Å². The zero-order chi connectivity index (χ0) is 41.2. The number of hydrogen-bond acceptors (Lipinski definition) is 1. The van der Waals surface area contributed by atoms with Gasteiger partial charge in [-0.3, -0.25) is 4.98 Å². The fraction of sp³-hybridized carbons (Fsp3) is 0.0656. The molecule has 0 aliphatic heterocycles. The molecular weight excluding hydrogens is 747 g/mol. The van der Waals surface area contributed by atoms with Crippen LogP contribution in [0.4, 0.5) is 0 Å². The Morgan fingerprint density at radius 3 is 1.29 bits per heavy atom. The SMILES string of the molecule is C1=CC(c2c(-c3ccccc3)cc(-c3cccc(-c4c5ccccc5c(-c5cccc(-c6ccncc6)c5)c5ccccc45)c3)c(-c3ccccc3)c2C2=CCCC=C2)=CCC1. The van der Waals surface area contributed by atoms with Crippen LogP contribution in [0.1, 0.15) is 36.8 Å². The lowest BCUT2D eigenvalue weighted by molar-refractivity contribution is 1.04. The zero-order valence-electron chi connectivity index (χ0n) is 34.6. The van der Waals surface area contributed by atoms with Crippen LogP contribution in [0.5, 0.6) is 0 Å². The molecule has 2 aliphatic rings. The summed E-state index contributed by atoms with van der Waals surface area (Å²) in [4.78, 5) is 4.27. The highest BCUT2D eigenvalue weighted by Crippen LogP contribution is 2.50. The van der Waals surface area contributed by atoms with E-state index in [1.54, 1.807) is 0 Å². The highest BCUT2D eigenvalue weighted by atomic mass is 14.6. The molecule has 0 N–H and O–H groups in total. The second kappa shape index (κ2) is 16.4. The van der Waals surface area contributed by atoms with E-state index in [0.717, 1.165) is 31.2 Å². The number of aromatic nitrogens is 1. The first-order chi connectivity index (χ1) is 30.8. The summed E-state index contributed by atoms with van der Waals surface area (Å²) in [5.74, 6) is 0. The van der Waals surface area contributed by atoms with Crippen molar-refractivity contribution < 1.29 is 0 Å². The minimum absolute atomic E-state index is 1.03. The van der Waals surface area contributed by atoms with Crippen molar-refractivity contribution in [3.8, 4) is 66.8 Å². The number of nitrogens with zero attached hydrogens (tertiary/aromatic N) is 1. The second-order valence-electron chi connectivity index (χ2n) is 16.3. The van der Waals surface area contributed by atoms with Crippen LogP contribution >= 0.6 is 0 Å². The Bertz CT molecular complexity index is 3200. The molecule has 0 saturated carbocycles. The molecule has 0 spiro atoms. The third-order valence-corrected chi connectivity index (χ3v) is 12.6. The van der Waals surface area contributed by atoms with Crippen LogP contribution in [0.2, 0.25) is 0 Å². The number of pyridine rings is 1. The topological polar surface area (TPSA) is 12.9 Å². The lowest BCUT2D eigenvalue weighted by Gasteiger charge is -2.26. The molecule has 11 rings (SSSR count). The first kappa shape index (κ1) is 37.4. The van der Waals surface area contributed by atoms with E-state index >= 15 is 0 Å². The first-order valence-electron chi connectivity index (χ1n) is 21.9. The van der Waals surface area contributed by atoms with Crippen LogP contribution in [0, 0.1) is 0 Å². The predicted octanol–water partition coefficient (Wildman–Crippen LogP) is 16.9. The number of hydrogen-bond donors (Lipinski definition) is 0. The molecule has 8 aromatic carbocycles. The molecule has 9 aromatic rings. The Labute approximate surface area is 364 Å². The second-order valence-corrected chi connectivity index (χ2v) is 16.3. The summed E-state index contributed by atoms with van der Waals surface area (Å²) >= 11 is 0. The van der Waals surface area contributed by atoms with E-state index < -0.39 is 0 Å². The van der Waals surface area contributed by atoms with Crippen molar-refractivity contribution in [2.75, 3.05) is 0 Å². The maximum absolute atomic E-state index is 4.27. The largest absolute Gasteiger partial charge is 0.265 e. The van der Waals surface area contributed by atoms with Crippen molar-refractivity contribution in [3.63, 3.8) is 0 Å². The van der Waals surface area contributed by atoms with E-state index in [2.05, 4.69) is 217 Å². The molecule has 0 unspecified atom stereocenters. The predicted molar refractivity (Wildman–Crippen MR) is 265 cm³/mol. The van der Waals surface area contributed by atoms with Crippen molar-refractivity contribution in [2.45, 2.75) is 25.7 Å². The quantitative estimate of drug-likeness (QED) is 0.140. The highest BCUT2D eigenvalue weighted by molar-refractivity contribution is 6.21. The molecule has 2 aliphatic carbocycles. The lowest BCUT2D eigenvalue weighted by Crippen LogP contribution is -2.04. The number of benzene rings is 8. The van der Waals surface area contributed by atoms with Gasteiger partial charge in [0.1, 0.15) is 0 Å². The van der Waals surface area contributed by atoms with Crippen LogP contribution < -0.4 is 0 Å². The fourth-order valence-corrected chi connectivity index (χ4v) is 9.84. The van der Waals surface area contributed by atoms with E-state index in [-0.39, 0.29) is 0 Å². The molecule has 1 nitrogen and oxygen atoms in total. The summed E-state index contributed by atoms with van der Waals surface area (Å²) in [6.07, 6.45) is 22.2. The Hall–Kier alpha value is -7.61. The molecule has 0 bridgehead atoms. The molecule has 1 heteroatoms. The normalized spacial score (nSPS) is 13.6. The van der Waals surface area contributed by atoms with Crippen LogP contribution in [0.15, 0.2) is 225 Å². The average molecular weight is 792 g/mol. The minimum atomic E-state index is 1.03. The summed E-state index contributed by atoms with van der Waals surface area (Å²) in [5.41, 5.74) is 19.9. The molecule has 0 fully saturated rings. The van der Waals surface area contributed by atoms with Crippen LogP contribution in [0.25, 0.3) is 99.5 Å². The molecule has 0 radical (unpaired) electrons. The Morgan fingerprint density at radius 2 is 0.742 bits per heavy atom. The molecule has 0 atom stereocenters. The fourth-order valence-electron chi connectivity index (χ4n) is 9.84. The number of fused-ring (bicyclic) bond motifs is 2. The molecule has 0 amide bonds. The van der Waals surface area contributed by atoms with Crippen molar-refractivity contribution >= 4 is 32.7 Å². The molecule has 1 heterocycles. The molecule has 1 aromatic heterocycles. The smallest absolute Gasteiger partial charge is 0.0273 e. The Kier molecular flexibility index (Phi) is 9.92. The van der Waals surface area contributed by atoms with Gasteiger partial charge in [-0.25, -0.2) is 0 Å². The highest BCUT2D eigenvalue weighted by Gasteiger charge is 2.26. The number of allylic oxidation sites excluding steroid dienone is 8. The van der Waals surface area contributed by atoms with Gasteiger partial charge >= 0.3 is 0 Å². The minimum Gasteiger partial charge on any atom is -0.265 e. The van der Waals surface area contributed by atoms with Crippen LogP contribution in [-0.2, 0) is 0 Å². The third kappa shape index (κ3) is 6.82. The van der Waals surface area contributed by atoms with Gasteiger partial charge in [-0.05, 0) is 167 Å². The van der Waals surface area contributed by atoms with Crippen molar-refractivity contribution in [2.24, 2.45) is 0 Å². The van der Waals surface area contributed by atoms with Crippen LogP contribution in [0.3, 0.4) is 0 Å². The lowest BCUT2D eigenvalue weighted by atomic mass is 9.77. The van der Waals surface area contributed by atoms with Gasteiger partial charge in [-0.1, -0.05) is 182 Å². The van der Waals surface area contributed by atoms with E-state index in [4.69, 9.17) is 0 Å². The third-order valence-electron chi connectivity index (χ3n) is 12.6. The summed E-state index contributed by atoms with van der Waals surface area (Å²) in [6, 6.07) is 65.0. The van der Waals surface area contributed by atoms with Gasteiger partial charge in [0.25, 0.3) is 0 Å². The summed E-state index contributed by atoms with van der Waals surface area (Å²) in [7, 11) is 0. The van der Waals surface area contributed by atoms with Crippen molar-refractivity contribution in [1.29, 1.82) is 0 Å².